The summed E-state index contributed by atoms with van der Waals surface area (Å²) in [7, 11) is 1.65. The molecule has 162 valence electrons. The van der Waals surface area contributed by atoms with Gasteiger partial charge >= 0.3 is 5.97 Å². The third kappa shape index (κ3) is 6.75. The minimum atomic E-state index is -0.768. The number of esters is 1. The lowest BCUT2D eigenvalue weighted by atomic mass is 10.3. The molecule has 2 aromatic rings. The Hall–Kier alpha value is -3.53. The van der Waals surface area contributed by atoms with Crippen molar-refractivity contribution >= 4 is 40.1 Å². The molecule has 0 aliphatic rings. The lowest BCUT2D eigenvalue weighted by Gasteiger charge is -2.07. The Morgan fingerprint density at radius 2 is 2.10 bits per heavy atom. The predicted molar refractivity (Wildman–Crippen MR) is 121 cm³/mol. The first kappa shape index (κ1) is 23.7. The maximum absolute atomic E-state index is 12.6. The quantitative estimate of drug-likeness (QED) is 0.263. The molecule has 0 radical (unpaired) electrons. The Bertz CT molecular complexity index is 1210. The fraction of sp³-hybridized carbons (Fsp3) is 0.318. The fourth-order valence-electron chi connectivity index (χ4n) is 2.52. The number of nitriles is 1. The molecule has 0 amide bonds. The highest BCUT2D eigenvalue weighted by atomic mass is 32.1. The van der Waals surface area contributed by atoms with Gasteiger partial charge in [-0.2, -0.15) is 5.26 Å². The summed E-state index contributed by atoms with van der Waals surface area (Å²) in [5.74, 6) is -0.768. The van der Waals surface area contributed by atoms with Crippen molar-refractivity contribution in [1.82, 2.24) is 4.57 Å². The van der Waals surface area contributed by atoms with Gasteiger partial charge in [0.15, 0.2) is 5.57 Å². The molecular weight excluding hydrogens is 416 g/mol. The van der Waals surface area contributed by atoms with E-state index in [1.165, 1.54) is 4.57 Å². The number of aromatic nitrogens is 1. The van der Waals surface area contributed by atoms with E-state index in [4.69, 9.17) is 9.47 Å². The Labute approximate surface area is 184 Å². The topological polar surface area (TPSA) is 105 Å². The first-order valence-corrected chi connectivity index (χ1v) is 10.5. The molecule has 0 fully saturated rings. The van der Waals surface area contributed by atoms with E-state index in [9.17, 15) is 14.9 Å². The standard InChI is InChI=1S/C22H24N4O4S/c1-4-26-20(13-16(15-23)22(28)30-5-2)31-19(21(26)27)9-10-24-17-7-6-8-18(14-17)25-11-12-29-3/h6-8,10,14,24-25H,4-5,11-12H2,1-3H3. The van der Waals surface area contributed by atoms with Gasteiger partial charge in [-0.05, 0) is 32.0 Å². The zero-order valence-electron chi connectivity index (χ0n) is 17.7. The number of carbonyl (C=O) groups excluding carboxylic acids is 1. The van der Waals surface area contributed by atoms with Crippen molar-refractivity contribution < 1.29 is 14.3 Å². The summed E-state index contributed by atoms with van der Waals surface area (Å²) in [6.45, 7) is 5.25. The summed E-state index contributed by atoms with van der Waals surface area (Å²) in [5.41, 5.74) is 6.84. The number of carbonyl (C=O) groups is 1. The Balaban J connectivity index is 2.40. The van der Waals surface area contributed by atoms with Gasteiger partial charge in [0.1, 0.15) is 15.3 Å². The molecule has 0 atom stereocenters. The number of nitrogens with zero attached hydrogens (tertiary/aromatic N) is 2. The van der Waals surface area contributed by atoms with Gasteiger partial charge in [0.05, 0.1) is 13.2 Å². The van der Waals surface area contributed by atoms with E-state index in [0.29, 0.717) is 28.9 Å². The molecule has 2 rings (SSSR count). The molecule has 0 unspecified atom stereocenters. The first-order chi connectivity index (χ1) is 15.0. The van der Waals surface area contributed by atoms with Crippen LogP contribution in [0.1, 0.15) is 13.8 Å². The number of hydrogen-bond acceptors (Lipinski definition) is 8. The van der Waals surface area contributed by atoms with Crippen LogP contribution in [0.5, 0.6) is 0 Å². The maximum atomic E-state index is 12.6. The third-order valence-electron chi connectivity index (χ3n) is 3.96. The summed E-state index contributed by atoms with van der Waals surface area (Å²) in [4.78, 5) is 24.5. The lowest BCUT2D eigenvalue weighted by molar-refractivity contribution is -0.137. The number of hydrogen-bond donors (Lipinski definition) is 2. The van der Waals surface area contributed by atoms with Crippen LogP contribution >= 0.6 is 11.3 Å². The number of methoxy groups -OCH3 is 1. The predicted octanol–water partition coefficient (Wildman–Crippen LogP) is 1.39. The van der Waals surface area contributed by atoms with Crippen LogP contribution in [-0.2, 0) is 20.8 Å². The molecule has 0 aliphatic heterocycles. The van der Waals surface area contributed by atoms with E-state index in [1.54, 1.807) is 33.2 Å². The summed E-state index contributed by atoms with van der Waals surface area (Å²) >= 11 is 1.09. The minimum absolute atomic E-state index is 0.146. The molecule has 0 aliphatic carbocycles. The molecule has 31 heavy (non-hydrogen) atoms. The summed E-state index contributed by atoms with van der Waals surface area (Å²) in [6, 6.07) is 9.43. The van der Waals surface area contributed by atoms with Gasteiger partial charge in [-0.1, -0.05) is 28.9 Å². The van der Waals surface area contributed by atoms with E-state index in [2.05, 4.69) is 22.1 Å². The zero-order chi connectivity index (χ0) is 22.6. The Morgan fingerprint density at radius 1 is 1.32 bits per heavy atom. The molecule has 1 heterocycles. The highest BCUT2D eigenvalue weighted by Crippen LogP contribution is 2.14. The number of rotatable bonds is 9. The van der Waals surface area contributed by atoms with Crippen LogP contribution in [0.3, 0.4) is 0 Å². The van der Waals surface area contributed by atoms with Crippen molar-refractivity contribution in [2.45, 2.75) is 20.4 Å². The molecule has 9 heteroatoms. The van der Waals surface area contributed by atoms with E-state index >= 15 is 0 Å². The van der Waals surface area contributed by atoms with Crippen LogP contribution in [-0.4, -0.2) is 37.4 Å². The largest absolute Gasteiger partial charge is 0.461 e. The van der Waals surface area contributed by atoms with Gasteiger partial charge in [-0.25, -0.2) is 4.79 Å². The molecule has 0 saturated heterocycles. The van der Waals surface area contributed by atoms with Gasteiger partial charge in [-0.3, -0.25) is 9.36 Å². The van der Waals surface area contributed by atoms with Crippen molar-refractivity contribution in [2.75, 3.05) is 37.5 Å². The zero-order valence-corrected chi connectivity index (χ0v) is 18.5. The SMILES string of the molecule is CCOC(=O)C(=C=c1sc(=C=CNc2cccc(NCCOC)c2)c(=O)n1CC)C#N. The van der Waals surface area contributed by atoms with Crippen molar-refractivity contribution in [3.8, 4) is 6.07 Å². The highest BCUT2D eigenvalue weighted by molar-refractivity contribution is 7.07. The van der Waals surface area contributed by atoms with E-state index in [0.717, 1.165) is 22.7 Å². The van der Waals surface area contributed by atoms with Gasteiger partial charge in [-0.15, -0.1) is 0 Å². The van der Waals surface area contributed by atoms with Crippen molar-refractivity contribution in [1.29, 1.82) is 5.26 Å². The molecule has 1 aromatic heterocycles. The number of nitrogens with one attached hydrogen (secondary N) is 2. The van der Waals surface area contributed by atoms with Crippen molar-refractivity contribution in [2.24, 2.45) is 0 Å². The average molecular weight is 441 g/mol. The van der Waals surface area contributed by atoms with Crippen molar-refractivity contribution in [3.63, 3.8) is 0 Å². The van der Waals surface area contributed by atoms with Crippen LogP contribution in [0.4, 0.5) is 11.4 Å². The van der Waals surface area contributed by atoms with Crippen LogP contribution in [0.2, 0.25) is 0 Å². The number of ether oxygens (including phenoxy) is 2. The van der Waals surface area contributed by atoms with Crippen molar-refractivity contribution in [3.05, 3.63) is 55.6 Å². The molecule has 1 aromatic carbocycles. The second kappa shape index (κ2) is 12.2. The second-order valence-corrected chi connectivity index (χ2v) is 7.05. The van der Waals surface area contributed by atoms with Crippen LogP contribution < -0.4 is 25.4 Å². The van der Waals surface area contributed by atoms with Gasteiger partial charge in [0.25, 0.3) is 5.56 Å². The summed E-state index contributed by atoms with van der Waals surface area (Å²) in [5, 5.41) is 15.5. The highest BCUT2D eigenvalue weighted by Gasteiger charge is 2.10. The summed E-state index contributed by atoms with van der Waals surface area (Å²) in [6.07, 6.45) is 1.55. The molecule has 8 nitrogen and oxygen atoms in total. The van der Waals surface area contributed by atoms with Crippen LogP contribution in [0, 0.1) is 11.3 Å². The number of anilines is 2. The monoisotopic (exact) mass is 440 g/mol. The Kier molecular flexibility index (Phi) is 9.37. The first-order valence-electron chi connectivity index (χ1n) is 9.66. The Morgan fingerprint density at radius 3 is 2.77 bits per heavy atom. The maximum Gasteiger partial charge on any atom is 0.357 e. The van der Waals surface area contributed by atoms with Gasteiger partial charge < -0.3 is 20.1 Å². The van der Waals surface area contributed by atoms with Crippen LogP contribution in [0.25, 0.3) is 11.5 Å². The summed E-state index contributed by atoms with van der Waals surface area (Å²) < 4.78 is 12.0. The van der Waals surface area contributed by atoms with E-state index in [-0.39, 0.29) is 17.7 Å². The molecule has 0 spiro atoms. The third-order valence-corrected chi connectivity index (χ3v) is 4.98. The lowest BCUT2D eigenvalue weighted by Crippen LogP contribution is -2.30. The van der Waals surface area contributed by atoms with Crippen LogP contribution in [0.15, 0.2) is 40.8 Å². The second-order valence-electron chi connectivity index (χ2n) is 6.05. The average Bonchev–Trinajstić information content (AvgIpc) is 3.06. The normalized spacial score (nSPS) is 9.74. The van der Waals surface area contributed by atoms with Gasteiger partial charge in [0.2, 0.25) is 0 Å². The minimum Gasteiger partial charge on any atom is -0.461 e. The molecular formula is C22H24N4O4S. The molecule has 0 bridgehead atoms. The number of benzene rings is 1. The van der Waals surface area contributed by atoms with E-state index in [1.807, 2.05) is 24.3 Å². The van der Waals surface area contributed by atoms with E-state index < -0.39 is 5.97 Å². The molecule has 0 saturated carbocycles. The fourth-order valence-corrected chi connectivity index (χ4v) is 3.50. The smallest absolute Gasteiger partial charge is 0.357 e. The van der Waals surface area contributed by atoms with Gasteiger partial charge in [0, 0.05) is 37.8 Å². The molecule has 2 N–H and O–H groups in total. The number of thiazole rings is 1.